The lowest BCUT2D eigenvalue weighted by Gasteiger charge is -2.03. The van der Waals surface area contributed by atoms with Gasteiger partial charge in [-0.3, -0.25) is 4.79 Å². The molecule has 0 spiro atoms. The second kappa shape index (κ2) is 9.50. The Kier molecular flexibility index (Phi) is 9.47. The quantitative estimate of drug-likeness (QED) is 0.506. The molecule has 0 aliphatic rings. The smallest absolute Gasteiger partial charge is 0.317 e. The maximum absolute atomic E-state index is 10.5. The lowest BCUT2D eigenvalue weighted by atomic mass is 10.1. The van der Waals surface area contributed by atoms with E-state index in [-0.39, 0.29) is 4.83 Å². The molecule has 0 aliphatic heterocycles. The maximum Gasteiger partial charge on any atom is 0.317 e. The molecule has 0 amide bonds. The number of carboxylic acids is 1. The van der Waals surface area contributed by atoms with Crippen LogP contribution < -0.4 is 0 Å². The standard InChI is InChI=1S/C11H21BrO2/c1-2-3-4-5-6-7-8-9-10(12)11(13)14/h10H,2-9H2,1H3,(H,13,14)/t10-/m0/s1. The van der Waals surface area contributed by atoms with Crippen LogP contribution in [0.5, 0.6) is 0 Å². The number of aliphatic carboxylic acids is 1. The van der Waals surface area contributed by atoms with Gasteiger partial charge in [-0.05, 0) is 6.42 Å². The first-order valence-electron chi connectivity index (χ1n) is 5.55. The third-order valence-electron chi connectivity index (χ3n) is 2.33. The molecule has 0 aliphatic carbocycles. The maximum atomic E-state index is 10.5. The van der Waals surface area contributed by atoms with Crippen LogP contribution in [0.3, 0.4) is 0 Å². The Morgan fingerprint density at radius 1 is 1.14 bits per heavy atom. The minimum absolute atomic E-state index is 0.349. The molecule has 84 valence electrons. The van der Waals surface area contributed by atoms with E-state index in [0.717, 1.165) is 12.8 Å². The lowest BCUT2D eigenvalue weighted by molar-refractivity contribution is -0.136. The molecule has 0 bridgehead atoms. The van der Waals surface area contributed by atoms with Crippen molar-refractivity contribution < 1.29 is 9.90 Å². The van der Waals surface area contributed by atoms with Gasteiger partial charge < -0.3 is 5.11 Å². The van der Waals surface area contributed by atoms with Crippen LogP contribution in [0.25, 0.3) is 0 Å². The Hall–Kier alpha value is -0.0500. The summed E-state index contributed by atoms with van der Waals surface area (Å²) in [6.45, 7) is 2.21. The van der Waals surface area contributed by atoms with Gasteiger partial charge in [0, 0.05) is 0 Å². The van der Waals surface area contributed by atoms with Crippen LogP contribution in [0.1, 0.15) is 58.3 Å². The van der Waals surface area contributed by atoms with Gasteiger partial charge in [-0.1, -0.05) is 67.8 Å². The minimum atomic E-state index is -0.740. The fourth-order valence-corrected chi connectivity index (χ4v) is 1.73. The average Bonchev–Trinajstić information content (AvgIpc) is 2.16. The Morgan fingerprint density at radius 2 is 1.64 bits per heavy atom. The topological polar surface area (TPSA) is 37.3 Å². The molecule has 0 saturated carbocycles. The summed E-state index contributed by atoms with van der Waals surface area (Å²) < 4.78 is 0. The predicted octanol–water partition coefficient (Wildman–Crippen LogP) is 3.98. The number of alkyl halides is 1. The zero-order valence-electron chi connectivity index (χ0n) is 8.97. The fourth-order valence-electron chi connectivity index (χ4n) is 1.40. The molecule has 0 unspecified atom stereocenters. The normalized spacial score (nSPS) is 12.7. The largest absolute Gasteiger partial charge is 0.480 e. The van der Waals surface area contributed by atoms with Crippen molar-refractivity contribution in [2.24, 2.45) is 0 Å². The van der Waals surface area contributed by atoms with E-state index in [2.05, 4.69) is 22.9 Å². The second-order valence-electron chi connectivity index (χ2n) is 3.72. The number of halogens is 1. The molecule has 0 fully saturated rings. The molecular weight excluding hydrogens is 244 g/mol. The van der Waals surface area contributed by atoms with Crippen molar-refractivity contribution in [1.82, 2.24) is 0 Å². The summed E-state index contributed by atoms with van der Waals surface area (Å²) in [5.41, 5.74) is 0. The van der Waals surface area contributed by atoms with Gasteiger partial charge in [0.1, 0.15) is 4.83 Å². The minimum Gasteiger partial charge on any atom is -0.480 e. The third kappa shape index (κ3) is 8.54. The van der Waals surface area contributed by atoms with E-state index < -0.39 is 5.97 Å². The van der Waals surface area contributed by atoms with E-state index >= 15 is 0 Å². The highest BCUT2D eigenvalue weighted by Gasteiger charge is 2.11. The molecule has 3 heteroatoms. The molecule has 0 saturated heterocycles. The highest BCUT2D eigenvalue weighted by atomic mass is 79.9. The Balaban J connectivity index is 3.09. The van der Waals surface area contributed by atoms with Crippen LogP contribution in [-0.4, -0.2) is 15.9 Å². The van der Waals surface area contributed by atoms with Crippen LogP contribution >= 0.6 is 15.9 Å². The Morgan fingerprint density at radius 3 is 2.14 bits per heavy atom. The second-order valence-corrected chi connectivity index (χ2v) is 4.82. The summed E-state index contributed by atoms with van der Waals surface area (Å²) in [4.78, 5) is 10.1. The number of unbranched alkanes of at least 4 members (excludes halogenated alkanes) is 6. The van der Waals surface area contributed by atoms with E-state index in [9.17, 15) is 4.79 Å². The predicted molar refractivity (Wildman–Crippen MR) is 63.0 cm³/mol. The Labute approximate surface area is 95.2 Å². The van der Waals surface area contributed by atoms with Crippen molar-refractivity contribution in [2.75, 3.05) is 0 Å². The van der Waals surface area contributed by atoms with Crippen LogP contribution in [0.4, 0.5) is 0 Å². The zero-order chi connectivity index (χ0) is 10.8. The third-order valence-corrected chi connectivity index (χ3v) is 3.18. The van der Waals surface area contributed by atoms with Crippen molar-refractivity contribution in [3.63, 3.8) is 0 Å². The SMILES string of the molecule is CCCCCCCCC[C@H](Br)C(=O)O. The fraction of sp³-hybridized carbons (Fsp3) is 0.909. The average molecular weight is 265 g/mol. The molecule has 0 aromatic rings. The van der Waals surface area contributed by atoms with Crippen molar-refractivity contribution in [3.8, 4) is 0 Å². The number of hydrogen-bond donors (Lipinski definition) is 1. The monoisotopic (exact) mass is 264 g/mol. The first-order chi connectivity index (χ1) is 6.68. The summed E-state index contributed by atoms with van der Waals surface area (Å²) in [7, 11) is 0. The molecule has 0 rings (SSSR count). The van der Waals surface area contributed by atoms with Gasteiger partial charge in [-0.2, -0.15) is 0 Å². The molecule has 0 aromatic carbocycles. The van der Waals surface area contributed by atoms with Crippen LogP contribution in [0, 0.1) is 0 Å². The van der Waals surface area contributed by atoms with E-state index in [0.29, 0.717) is 0 Å². The summed E-state index contributed by atoms with van der Waals surface area (Å²) in [5, 5.41) is 8.61. The molecule has 2 nitrogen and oxygen atoms in total. The zero-order valence-corrected chi connectivity index (χ0v) is 10.6. The summed E-state index contributed by atoms with van der Waals surface area (Å²) in [6.07, 6.45) is 9.43. The summed E-state index contributed by atoms with van der Waals surface area (Å²) in [5.74, 6) is -0.740. The van der Waals surface area contributed by atoms with E-state index in [4.69, 9.17) is 5.11 Å². The van der Waals surface area contributed by atoms with Crippen molar-refractivity contribution in [2.45, 2.75) is 63.1 Å². The summed E-state index contributed by atoms with van der Waals surface area (Å²) in [6, 6.07) is 0. The molecule has 0 radical (unpaired) electrons. The molecule has 14 heavy (non-hydrogen) atoms. The van der Waals surface area contributed by atoms with Gasteiger partial charge in [0.2, 0.25) is 0 Å². The molecule has 1 N–H and O–H groups in total. The summed E-state index contributed by atoms with van der Waals surface area (Å²) >= 11 is 3.14. The van der Waals surface area contributed by atoms with Crippen molar-refractivity contribution >= 4 is 21.9 Å². The number of hydrogen-bond acceptors (Lipinski definition) is 1. The molecular formula is C11H21BrO2. The van der Waals surface area contributed by atoms with Gasteiger partial charge in [0.05, 0.1) is 0 Å². The van der Waals surface area contributed by atoms with Gasteiger partial charge >= 0.3 is 5.97 Å². The van der Waals surface area contributed by atoms with Crippen LogP contribution in [-0.2, 0) is 4.79 Å². The van der Waals surface area contributed by atoms with E-state index in [1.165, 1.54) is 38.5 Å². The van der Waals surface area contributed by atoms with Gasteiger partial charge in [-0.25, -0.2) is 0 Å². The Bertz CT molecular complexity index is 148. The number of rotatable bonds is 9. The van der Waals surface area contributed by atoms with Gasteiger partial charge in [0.25, 0.3) is 0 Å². The van der Waals surface area contributed by atoms with Crippen LogP contribution in [0.15, 0.2) is 0 Å². The highest BCUT2D eigenvalue weighted by molar-refractivity contribution is 9.10. The molecule has 0 heterocycles. The van der Waals surface area contributed by atoms with Gasteiger partial charge in [0.15, 0.2) is 0 Å². The van der Waals surface area contributed by atoms with E-state index in [1.807, 2.05) is 0 Å². The van der Waals surface area contributed by atoms with E-state index in [1.54, 1.807) is 0 Å². The van der Waals surface area contributed by atoms with Crippen LogP contribution in [0.2, 0.25) is 0 Å². The first-order valence-corrected chi connectivity index (χ1v) is 6.47. The molecule has 0 aromatic heterocycles. The highest BCUT2D eigenvalue weighted by Crippen LogP contribution is 2.13. The van der Waals surface area contributed by atoms with Gasteiger partial charge in [-0.15, -0.1) is 0 Å². The van der Waals surface area contributed by atoms with Crippen molar-refractivity contribution in [1.29, 1.82) is 0 Å². The lowest BCUT2D eigenvalue weighted by Crippen LogP contribution is -2.11. The first kappa shape index (κ1) is 13.9. The number of carboxylic acid groups (broad SMARTS) is 1. The van der Waals surface area contributed by atoms with Crippen molar-refractivity contribution in [3.05, 3.63) is 0 Å². The number of carbonyl (C=O) groups is 1. The molecule has 1 atom stereocenters.